The van der Waals surface area contributed by atoms with E-state index in [1.807, 2.05) is 0 Å². The fourth-order valence-electron chi connectivity index (χ4n) is 5.66. The van der Waals surface area contributed by atoms with Crippen LogP contribution in [-0.2, 0) is 28.8 Å². The molecule has 6 rings (SSSR count). The molecule has 3 aromatic rings. The van der Waals surface area contributed by atoms with Crippen LogP contribution in [0.15, 0.2) is 57.1 Å². The van der Waals surface area contributed by atoms with Crippen LogP contribution in [0.25, 0.3) is 0 Å². The molecule has 2 aliphatic carbocycles. The van der Waals surface area contributed by atoms with Gasteiger partial charge in [-0.3, -0.25) is 23.7 Å². The average molecular weight is 855 g/mol. The highest BCUT2D eigenvalue weighted by Crippen LogP contribution is 2.43. The molecule has 300 valence electrons. The predicted octanol–water partition coefficient (Wildman–Crippen LogP) is 6.15. The standard InChI is InChI=1S/C18H15ClFNO3.C14H12ClNO4S.C5H12NO4P/c1-3-10(2)24-16-9-15(14(20)8-13(16)19)21-17(22)11-6-4-5-7-12(11)18(21)23;1-21(18,19)12-6-9(15)4-5-10(12)13(17)11-7-16-20-14(11)8-2-3-8;1-11(9,10)3-2-4(6)5(7)8/h1,8-10H,4-7H2,2H3;4-8H,2-3H2,1H3;4H,2-3,6H2,1H3,(H,7,8)(H,9,10). The Hall–Kier alpha value is -4.36. The first-order valence-corrected chi connectivity index (χ1v) is 22.1. The number of hydrogen-bond donors (Lipinski definition) is 3. The van der Waals surface area contributed by atoms with Gasteiger partial charge in [0.2, 0.25) is 0 Å². The number of rotatable bonds is 11. The summed E-state index contributed by atoms with van der Waals surface area (Å²) in [5, 5.41) is 12.2. The maximum absolute atomic E-state index is 14.4. The van der Waals surface area contributed by atoms with Crippen molar-refractivity contribution in [3.05, 3.63) is 80.4 Å². The molecule has 2 amide bonds. The van der Waals surface area contributed by atoms with E-state index < -0.39 is 58.7 Å². The lowest BCUT2D eigenvalue weighted by atomic mass is 9.93. The van der Waals surface area contributed by atoms with E-state index in [1.54, 1.807) is 6.92 Å². The smallest absolute Gasteiger partial charge is 0.320 e. The van der Waals surface area contributed by atoms with Crippen LogP contribution in [0.1, 0.15) is 79.5 Å². The van der Waals surface area contributed by atoms with Gasteiger partial charge in [-0.2, -0.15) is 0 Å². The van der Waals surface area contributed by atoms with E-state index in [-0.39, 0.29) is 50.4 Å². The van der Waals surface area contributed by atoms with Gasteiger partial charge >= 0.3 is 5.97 Å². The molecule has 19 heteroatoms. The molecule has 0 spiro atoms. The van der Waals surface area contributed by atoms with Crippen LogP contribution in [-0.4, -0.2) is 78.4 Å². The number of carboxylic acid groups (broad SMARTS) is 1. The minimum Gasteiger partial charge on any atom is -0.480 e. The lowest BCUT2D eigenvalue weighted by molar-refractivity contribution is -0.138. The van der Waals surface area contributed by atoms with E-state index in [9.17, 15) is 36.6 Å². The molecular weight excluding hydrogens is 815 g/mol. The van der Waals surface area contributed by atoms with Crippen molar-refractivity contribution in [2.75, 3.05) is 24.0 Å². The van der Waals surface area contributed by atoms with Crippen molar-refractivity contribution in [1.82, 2.24) is 5.16 Å². The van der Waals surface area contributed by atoms with Gasteiger partial charge in [0.15, 0.2) is 34.9 Å². The highest BCUT2D eigenvalue weighted by atomic mass is 35.5. The molecule has 1 aromatic heterocycles. The fourth-order valence-corrected chi connectivity index (χ4v) is 7.75. The van der Waals surface area contributed by atoms with Gasteiger partial charge in [0.25, 0.3) is 11.8 Å². The molecule has 4 N–H and O–H groups in total. The SMILES string of the molecule is C#CC(C)Oc1cc(N2C(=O)C3=C(CCCC3)C2=O)c(F)cc1Cl.CP(=O)(O)CCC(N)C(=O)O.CS(=O)(=O)c1cc(Cl)ccc1C(=O)c1cnoc1C1CC1. The minimum atomic E-state index is -3.57. The van der Waals surface area contributed by atoms with Crippen LogP contribution in [0.4, 0.5) is 10.1 Å². The number of sulfone groups is 1. The third kappa shape index (κ3) is 11.1. The van der Waals surface area contributed by atoms with Crippen molar-refractivity contribution >= 4 is 69.7 Å². The zero-order valence-corrected chi connectivity index (χ0v) is 33.7. The molecule has 0 bridgehead atoms. The van der Waals surface area contributed by atoms with Crippen molar-refractivity contribution in [2.45, 2.75) is 74.8 Å². The summed E-state index contributed by atoms with van der Waals surface area (Å²) in [4.78, 5) is 57.4. The lowest BCUT2D eigenvalue weighted by Gasteiger charge is -2.19. The van der Waals surface area contributed by atoms with Crippen molar-refractivity contribution in [3.8, 4) is 18.1 Å². The summed E-state index contributed by atoms with van der Waals surface area (Å²) in [7, 11) is -6.67. The van der Waals surface area contributed by atoms with Crippen molar-refractivity contribution < 1.29 is 55.8 Å². The summed E-state index contributed by atoms with van der Waals surface area (Å²) < 4.78 is 59.3. The summed E-state index contributed by atoms with van der Waals surface area (Å²) in [6, 6.07) is 5.44. The first-order valence-electron chi connectivity index (χ1n) is 17.1. The fraction of sp³-hybridized carbons (Fsp3) is 0.378. The summed E-state index contributed by atoms with van der Waals surface area (Å²) in [6.07, 6.45) is 11.8. The van der Waals surface area contributed by atoms with Crippen LogP contribution in [0, 0.1) is 18.2 Å². The molecule has 14 nitrogen and oxygen atoms in total. The number of ketones is 1. The number of ether oxygens (including phenoxy) is 1. The quantitative estimate of drug-likeness (QED) is 0.0853. The van der Waals surface area contributed by atoms with Gasteiger partial charge < -0.3 is 25.0 Å². The zero-order valence-electron chi connectivity index (χ0n) is 30.5. The average Bonchev–Trinajstić information content (AvgIpc) is 3.80. The maximum Gasteiger partial charge on any atom is 0.320 e. The van der Waals surface area contributed by atoms with Gasteiger partial charge in [0, 0.05) is 52.8 Å². The summed E-state index contributed by atoms with van der Waals surface area (Å²) in [6.45, 7) is 2.81. The zero-order chi connectivity index (χ0) is 41.7. The first kappa shape index (κ1) is 44.4. The number of carboxylic acids is 1. The van der Waals surface area contributed by atoms with Crippen LogP contribution in [0.5, 0.6) is 5.75 Å². The molecule has 56 heavy (non-hydrogen) atoms. The highest BCUT2D eigenvalue weighted by Gasteiger charge is 2.41. The van der Waals surface area contributed by atoms with Gasteiger partial charge in [0.05, 0.1) is 27.4 Å². The van der Waals surface area contributed by atoms with Crippen LogP contribution >= 0.6 is 30.6 Å². The van der Waals surface area contributed by atoms with Gasteiger partial charge in [-0.15, -0.1) is 6.42 Å². The third-order valence-electron chi connectivity index (χ3n) is 8.72. The van der Waals surface area contributed by atoms with E-state index in [2.05, 4.69) is 11.1 Å². The topological polar surface area (TPSA) is 224 Å². The van der Waals surface area contributed by atoms with Gasteiger partial charge in [0.1, 0.15) is 17.6 Å². The molecule has 1 aliphatic heterocycles. The molecule has 0 saturated heterocycles. The summed E-state index contributed by atoms with van der Waals surface area (Å²) in [5.74, 6) is 0.00500. The Kier molecular flexibility index (Phi) is 14.5. The van der Waals surface area contributed by atoms with E-state index >= 15 is 0 Å². The van der Waals surface area contributed by atoms with E-state index in [4.69, 9.17) is 54.6 Å². The number of amides is 2. The molecule has 1 fully saturated rings. The van der Waals surface area contributed by atoms with E-state index in [0.717, 1.165) is 42.9 Å². The molecule has 2 aromatic carbocycles. The Labute approximate surface area is 332 Å². The van der Waals surface area contributed by atoms with Crippen molar-refractivity contribution in [2.24, 2.45) is 5.73 Å². The first-order chi connectivity index (χ1) is 26.1. The van der Waals surface area contributed by atoms with Crippen LogP contribution < -0.4 is 15.4 Å². The monoisotopic (exact) mass is 853 g/mol. The second-order valence-electron chi connectivity index (χ2n) is 13.4. The van der Waals surface area contributed by atoms with Crippen LogP contribution in [0.3, 0.4) is 0 Å². The number of halogens is 3. The van der Waals surface area contributed by atoms with Gasteiger partial charge in [-0.25, -0.2) is 17.7 Å². The summed E-state index contributed by atoms with van der Waals surface area (Å²) >= 11 is 11.8. The highest BCUT2D eigenvalue weighted by molar-refractivity contribution is 7.90. The van der Waals surface area contributed by atoms with E-state index in [1.165, 1.54) is 37.1 Å². The Morgan fingerprint density at radius 1 is 1.14 bits per heavy atom. The number of aromatic nitrogens is 1. The second-order valence-corrected chi connectivity index (χ2v) is 18.8. The number of aliphatic carboxylic acids is 1. The number of hydrogen-bond acceptors (Lipinski definition) is 11. The second kappa shape index (κ2) is 18.3. The number of nitrogens with zero attached hydrogens (tertiary/aromatic N) is 2. The molecule has 3 atom stereocenters. The number of benzene rings is 2. The molecule has 3 aliphatic rings. The number of imide groups is 1. The summed E-state index contributed by atoms with van der Waals surface area (Å²) in [5.41, 5.74) is 6.31. The normalized spacial score (nSPS) is 17.3. The lowest BCUT2D eigenvalue weighted by Crippen LogP contribution is -2.32. The number of anilines is 1. The van der Waals surface area contributed by atoms with Gasteiger partial charge in [-0.1, -0.05) is 34.3 Å². The molecule has 1 saturated carbocycles. The Bertz CT molecular complexity index is 2250. The Morgan fingerprint density at radius 3 is 2.27 bits per heavy atom. The number of terminal acetylenes is 1. The van der Waals surface area contributed by atoms with Crippen LogP contribution in [0.2, 0.25) is 10.0 Å². The number of carbonyl (C=O) groups excluding carboxylic acids is 3. The Balaban J connectivity index is 0.000000200. The van der Waals surface area contributed by atoms with E-state index in [0.29, 0.717) is 35.3 Å². The predicted molar refractivity (Wildman–Crippen MR) is 206 cm³/mol. The third-order valence-corrected chi connectivity index (χ3v) is 11.5. The molecule has 0 radical (unpaired) electrons. The minimum absolute atomic E-state index is 0.0233. The van der Waals surface area contributed by atoms with Crippen molar-refractivity contribution in [1.29, 1.82) is 0 Å². The maximum atomic E-state index is 14.4. The van der Waals surface area contributed by atoms with Gasteiger partial charge in [-0.05, 0) is 76.1 Å². The number of carbonyl (C=O) groups is 4. The Morgan fingerprint density at radius 2 is 1.75 bits per heavy atom. The number of nitrogens with two attached hydrogens (primary N) is 1. The van der Waals surface area contributed by atoms with Crippen molar-refractivity contribution in [3.63, 3.8) is 0 Å². The molecule has 2 heterocycles. The molecule has 3 unspecified atom stereocenters. The molecular formula is C37H39Cl2FN3O11PS. The largest absolute Gasteiger partial charge is 0.480 e.